The second kappa shape index (κ2) is 7.09. The summed E-state index contributed by atoms with van der Waals surface area (Å²) in [5, 5.41) is 6.77. The molecule has 0 atom stereocenters. The maximum atomic E-state index is 5.74. The van der Waals surface area contributed by atoms with Crippen LogP contribution in [-0.2, 0) is 13.0 Å². The topological polar surface area (TPSA) is 49.2 Å². The van der Waals surface area contributed by atoms with Gasteiger partial charge in [0.2, 0.25) is 0 Å². The number of hydrogen-bond donors (Lipinski definition) is 0. The lowest BCUT2D eigenvalue weighted by atomic mass is 10.3. The smallest absolute Gasteiger partial charge is 0.278 e. The largest absolute Gasteiger partial charge is 0.493 e. The monoisotopic (exact) mass is 315 g/mol. The molecule has 0 bridgehead atoms. The minimum Gasteiger partial charge on any atom is -0.493 e. The molecule has 0 amide bonds. The van der Waals surface area contributed by atoms with Crippen molar-refractivity contribution in [1.82, 2.24) is 14.8 Å². The minimum atomic E-state index is 0.627. The Balaban J connectivity index is 1.48. The summed E-state index contributed by atoms with van der Waals surface area (Å²) in [5.41, 5.74) is 1.19. The van der Waals surface area contributed by atoms with E-state index in [4.69, 9.17) is 9.47 Å². The van der Waals surface area contributed by atoms with Crippen molar-refractivity contribution >= 4 is 11.3 Å². The number of aromatic nitrogens is 3. The second-order valence-electron chi connectivity index (χ2n) is 4.67. The SMILES string of the molecule is CCn1cc(CCOc2ccc(Oc3nccs3)cc2)cn1. The van der Waals surface area contributed by atoms with Crippen molar-refractivity contribution in [3.8, 4) is 16.7 Å². The average molecular weight is 315 g/mol. The zero-order chi connectivity index (χ0) is 15.2. The van der Waals surface area contributed by atoms with Gasteiger partial charge in [0.25, 0.3) is 5.19 Å². The Labute approximate surface area is 133 Å². The summed E-state index contributed by atoms with van der Waals surface area (Å²) in [5.74, 6) is 1.58. The van der Waals surface area contributed by atoms with E-state index in [1.54, 1.807) is 6.20 Å². The summed E-state index contributed by atoms with van der Waals surface area (Å²) in [6, 6.07) is 7.56. The summed E-state index contributed by atoms with van der Waals surface area (Å²) >= 11 is 1.46. The van der Waals surface area contributed by atoms with Gasteiger partial charge in [-0.2, -0.15) is 5.10 Å². The zero-order valence-electron chi connectivity index (χ0n) is 12.3. The number of hydrogen-bond acceptors (Lipinski definition) is 5. The van der Waals surface area contributed by atoms with Crippen molar-refractivity contribution < 1.29 is 9.47 Å². The first-order valence-corrected chi connectivity index (χ1v) is 8.03. The van der Waals surface area contributed by atoms with Gasteiger partial charge in [-0.1, -0.05) is 11.3 Å². The molecule has 114 valence electrons. The van der Waals surface area contributed by atoms with Gasteiger partial charge < -0.3 is 9.47 Å². The molecule has 0 unspecified atom stereocenters. The van der Waals surface area contributed by atoms with Crippen molar-refractivity contribution in [3.05, 3.63) is 53.8 Å². The molecular weight excluding hydrogens is 298 g/mol. The first-order valence-electron chi connectivity index (χ1n) is 7.15. The van der Waals surface area contributed by atoms with Crippen LogP contribution in [0.25, 0.3) is 0 Å². The van der Waals surface area contributed by atoms with E-state index in [2.05, 4.69) is 17.0 Å². The van der Waals surface area contributed by atoms with E-state index in [1.807, 2.05) is 46.7 Å². The molecule has 0 aliphatic carbocycles. The van der Waals surface area contributed by atoms with Crippen molar-refractivity contribution in [1.29, 1.82) is 0 Å². The van der Waals surface area contributed by atoms with E-state index in [0.29, 0.717) is 11.8 Å². The molecule has 0 fully saturated rings. The van der Waals surface area contributed by atoms with Crippen LogP contribution in [-0.4, -0.2) is 21.4 Å². The number of thiazole rings is 1. The highest BCUT2D eigenvalue weighted by atomic mass is 32.1. The van der Waals surface area contributed by atoms with Crippen molar-refractivity contribution in [2.75, 3.05) is 6.61 Å². The minimum absolute atomic E-state index is 0.627. The third-order valence-electron chi connectivity index (χ3n) is 3.11. The van der Waals surface area contributed by atoms with Crippen LogP contribution in [0, 0.1) is 0 Å². The fourth-order valence-corrected chi connectivity index (χ4v) is 2.46. The summed E-state index contributed by atoms with van der Waals surface area (Å²) < 4.78 is 13.3. The zero-order valence-corrected chi connectivity index (χ0v) is 13.1. The number of rotatable bonds is 7. The predicted molar refractivity (Wildman–Crippen MR) is 85.7 cm³/mol. The molecule has 0 saturated heterocycles. The molecule has 22 heavy (non-hydrogen) atoms. The molecule has 6 heteroatoms. The molecule has 0 saturated carbocycles. The fourth-order valence-electron chi connectivity index (χ4n) is 1.96. The van der Waals surface area contributed by atoms with Crippen LogP contribution in [0.15, 0.2) is 48.2 Å². The van der Waals surface area contributed by atoms with Crippen LogP contribution >= 0.6 is 11.3 Å². The Kier molecular flexibility index (Phi) is 4.70. The van der Waals surface area contributed by atoms with E-state index in [9.17, 15) is 0 Å². The first kappa shape index (κ1) is 14.6. The summed E-state index contributed by atoms with van der Waals surface area (Å²) in [7, 11) is 0. The van der Waals surface area contributed by atoms with E-state index >= 15 is 0 Å². The molecule has 1 aromatic carbocycles. The van der Waals surface area contributed by atoms with Crippen molar-refractivity contribution in [2.24, 2.45) is 0 Å². The van der Waals surface area contributed by atoms with Crippen LogP contribution in [0.2, 0.25) is 0 Å². The van der Waals surface area contributed by atoms with Crippen LogP contribution in [0.5, 0.6) is 16.7 Å². The van der Waals surface area contributed by atoms with Crippen molar-refractivity contribution in [3.63, 3.8) is 0 Å². The van der Waals surface area contributed by atoms with Gasteiger partial charge in [-0.05, 0) is 36.8 Å². The van der Waals surface area contributed by atoms with Gasteiger partial charge in [-0.25, -0.2) is 4.98 Å². The van der Waals surface area contributed by atoms with E-state index in [1.165, 1.54) is 16.9 Å². The second-order valence-corrected chi connectivity index (χ2v) is 5.53. The quantitative estimate of drug-likeness (QED) is 0.666. The molecule has 3 rings (SSSR count). The molecule has 0 N–H and O–H groups in total. The Morgan fingerprint density at radius 1 is 1.18 bits per heavy atom. The number of aryl methyl sites for hydroxylation is 1. The molecule has 5 nitrogen and oxygen atoms in total. The van der Waals surface area contributed by atoms with E-state index in [0.717, 1.165) is 24.5 Å². The lowest BCUT2D eigenvalue weighted by Gasteiger charge is -2.06. The molecule has 0 aliphatic heterocycles. The maximum Gasteiger partial charge on any atom is 0.278 e. The van der Waals surface area contributed by atoms with Gasteiger partial charge >= 0.3 is 0 Å². The van der Waals surface area contributed by atoms with Crippen molar-refractivity contribution in [2.45, 2.75) is 19.9 Å². The average Bonchev–Trinajstić information content (AvgIpc) is 3.20. The van der Waals surface area contributed by atoms with Gasteiger partial charge in [0.15, 0.2) is 0 Å². The lowest BCUT2D eigenvalue weighted by Crippen LogP contribution is -2.00. The Bertz CT molecular complexity index is 693. The Morgan fingerprint density at radius 2 is 2.00 bits per heavy atom. The molecule has 3 aromatic rings. The molecule has 0 spiro atoms. The van der Waals surface area contributed by atoms with Crippen LogP contribution in [0.3, 0.4) is 0 Å². The predicted octanol–water partition coefficient (Wildman–Crippen LogP) is 3.77. The van der Waals surface area contributed by atoms with Crippen LogP contribution < -0.4 is 9.47 Å². The summed E-state index contributed by atoms with van der Waals surface area (Å²) in [6.45, 7) is 3.59. The third kappa shape index (κ3) is 3.85. The number of benzene rings is 1. The summed E-state index contributed by atoms with van der Waals surface area (Å²) in [4.78, 5) is 4.08. The highest BCUT2D eigenvalue weighted by molar-refractivity contribution is 7.11. The van der Waals surface area contributed by atoms with Gasteiger partial charge in [-0.3, -0.25) is 4.68 Å². The van der Waals surface area contributed by atoms with Crippen LogP contribution in [0.4, 0.5) is 0 Å². The molecular formula is C16H17N3O2S. The maximum absolute atomic E-state index is 5.74. The molecule has 2 heterocycles. The van der Waals surface area contributed by atoms with Gasteiger partial charge in [0.1, 0.15) is 11.5 Å². The van der Waals surface area contributed by atoms with E-state index < -0.39 is 0 Å². The highest BCUT2D eigenvalue weighted by Gasteiger charge is 2.01. The number of nitrogens with zero attached hydrogens (tertiary/aromatic N) is 3. The van der Waals surface area contributed by atoms with Gasteiger partial charge in [0, 0.05) is 30.7 Å². The van der Waals surface area contributed by atoms with Crippen LogP contribution in [0.1, 0.15) is 12.5 Å². The Morgan fingerprint density at radius 3 is 2.68 bits per heavy atom. The number of ether oxygens (including phenoxy) is 2. The van der Waals surface area contributed by atoms with E-state index in [-0.39, 0.29) is 0 Å². The van der Waals surface area contributed by atoms with Gasteiger partial charge in [0.05, 0.1) is 12.8 Å². The molecule has 0 radical (unpaired) electrons. The first-order chi connectivity index (χ1) is 10.8. The highest BCUT2D eigenvalue weighted by Crippen LogP contribution is 2.25. The lowest BCUT2D eigenvalue weighted by molar-refractivity contribution is 0.321. The summed E-state index contributed by atoms with van der Waals surface area (Å²) in [6.07, 6.45) is 6.50. The third-order valence-corrected chi connectivity index (χ3v) is 3.76. The van der Waals surface area contributed by atoms with Gasteiger partial charge in [-0.15, -0.1) is 0 Å². The Hall–Kier alpha value is -2.34. The molecule has 0 aliphatic rings. The fraction of sp³-hybridized carbons (Fsp3) is 0.250. The standard InChI is InChI=1S/C16H17N3O2S/c1-2-19-12-13(11-18-19)7-9-20-14-3-5-15(6-4-14)21-16-17-8-10-22-16/h3-6,8,10-12H,2,7,9H2,1H3. The normalized spacial score (nSPS) is 10.6. The molecule has 2 aromatic heterocycles.